The van der Waals surface area contributed by atoms with Crippen LogP contribution in [-0.4, -0.2) is 37.9 Å². The van der Waals surface area contributed by atoms with Gasteiger partial charge in [-0.2, -0.15) is 4.31 Å². The molecule has 4 nitrogen and oxygen atoms in total. The highest BCUT2D eigenvalue weighted by molar-refractivity contribution is 9.10. The summed E-state index contributed by atoms with van der Waals surface area (Å²) < 4.78 is 41.6. The molecule has 2 atom stereocenters. The Bertz CT molecular complexity index is 609. The van der Waals surface area contributed by atoms with Gasteiger partial charge in [0.25, 0.3) is 0 Å². The van der Waals surface area contributed by atoms with E-state index in [9.17, 15) is 12.8 Å². The maximum absolute atomic E-state index is 14.0. The average Bonchev–Trinajstić information content (AvgIpc) is 2.63. The highest BCUT2D eigenvalue weighted by Crippen LogP contribution is 2.34. The molecule has 0 aromatic heterocycles. The molecule has 2 heterocycles. The van der Waals surface area contributed by atoms with Crippen molar-refractivity contribution in [2.75, 3.05) is 13.1 Å². The number of sulfonamides is 1. The van der Waals surface area contributed by atoms with Crippen molar-refractivity contribution in [1.29, 1.82) is 0 Å². The Kier molecular flexibility index (Phi) is 3.87. The summed E-state index contributed by atoms with van der Waals surface area (Å²) >= 11 is 3.15. The molecule has 2 unspecified atom stereocenters. The molecule has 1 N–H and O–H groups in total. The van der Waals surface area contributed by atoms with Gasteiger partial charge in [-0.05, 0) is 44.0 Å². The lowest BCUT2D eigenvalue weighted by Gasteiger charge is -2.27. The minimum atomic E-state index is -3.77. The number of hydrogen-bond acceptors (Lipinski definition) is 3. The quantitative estimate of drug-likeness (QED) is 0.876. The van der Waals surface area contributed by atoms with Crippen molar-refractivity contribution in [3.8, 4) is 0 Å². The van der Waals surface area contributed by atoms with Crippen molar-refractivity contribution in [1.82, 2.24) is 9.62 Å². The third kappa shape index (κ3) is 2.41. The Labute approximate surface area is 126 Å². The smallest absolute Gasteiger partial charge is 0.246 e. The molecule has 20 heavy (non-hydrogen) atoms. The summed E-state index contributed by atoms with van der Waals surface area (Å²) in [5.74, 6) is -0.698. The lowest BCUT2D eigenvalue weighted by atomic mass is 10.1. The van der Waals surface area contributed by atoms with Gasteiger partial charge in [-0.15, -0.1) is 0 Å². The van der Waals surface area contributed by atoms with Crippen LogP contribution in [0.15, 0.2) is 27.6 Å². The van der Waals surface area contributed by atoms with Crippen molar-refractivity contribution in [3.05, 3.63) is 28.5 Å². The largest absolute Gasteiger partial charge is 0.315 e. The molecule has 2 aliphatic heterocycles. The van der Waals surface area contributed by atoms with E-state index < -0.39 is 15.8 Å². The molecule has 0 saturated carbocycles. The zero-order valence-corrected chi connectivity index (χ0v) is 13.3. The van der Waals surface area contributed by atoms with Crippen LogP contribution in [0.4, 0.5) is 4.39 Å². The molecule has 1 aromatic carbocycles. The van der Waals surface area contributed by atoms with Crippen LogP contribution >= 0.6 is 15.9 Å². The Hall–Kier alpha value is -0.500. The van der Waals surface area contributed by atoms with E-state index in [1.54, 1.807) is 6.07 Å². The zero-order valence-electron chi connectivity index (χ0n) is 10.9. The van der Waals surface area contributed by atoms with Crippen LogP contribution in [0.5, 0.6) is 0 Å². The summed E-state index contributed by atoms with van der Waals surface area (Å²) in [7, 11) is -3.77. The second-order valence-electron chi connectivity index (χ2n) is 5.29. The molecule has 2 fully saturated rings. The van der Waals surface area contributed by atoms with Gasteiger partial charge in [0.15, 0.2) is 0 Å². The molecule has 0 aliphatic carbocycles. The summed E-state index contributed by atoms with van der Waals surface area (Å²) in [6.07, 6.45) is 2.49. The van der Waals surface area contributed by atoms with Crippen LogP contribution in [-0.2, 0) is 10.0 Å². The monoisotopic (exact) mass is 362 g/mol. The van der Waals surface area contributed by atoms with E-state index >= 15 is 0 Å². The van der Waals surface area contributed by atoms with Crippen molar-refractivity contribution in [2.45, 2.75) is 36.2 Å². The Balaban J connectivity index is 2.03. The normalized spacial score (nSPS) is 27.5. The first-order valence-corrected chi connectivity index (χ1v) is 8.93. The molecule has 7 heteroatoms. The van der Waals surface area contributed by atoms with E-state index in [-0.39, 0.29) is 17.0 Å². The molecule has 110 valence electrons. The Morgan fingerprint density at radius 1 is 1.25 bits per heavy atom. The van der Waals surface area contributed by atoms with Gasteiger partial charge in [0, 0.05) is 23.1 Å². The number of hydrogen-bond donors (Lipinski definition) is 1. The van der Waals surface area contributed by atoms with Crippen molar-refractivity contribution >= 4 is 26.0 Å². The van der Waals surface area contributed by atoms with Gasteiger partial charge in [0.05, 0.1) is 0 Å². The van der Waals surface area contributed by atoms with Crippen molar-refractivity contribution in [3.63, 3.8) is 0 Å². The fourth-order valence-corrected chi connectivity index (χ4v) is 5.41. The minimum absolute atomic E-state index is 0.0111. The first-order chi connectivity index (χ1) is 9.50. The fraction of sp³-hybridized carbons (Fsp3) is 0.538. The van der Waals surface area contributed by atoms with Crippen LogP contribution in [0, 0.1) is 5.82 Å². The van der Waals surface area contributed by atoms with E-state index in [0.29, 0.717) is 11.0 Å². The van der Waals surface area contributed by atoms with Gasteiger partial charge in [-0.25, -0.2) is 12.8 Å². The molecular weight excluding hydrogens is 347 g/mol. The summed E-state index contributed by atoms with van der Waals surface area (Å²) in [6, 6.07) is 4.03. The van der Waals surface area contributed by atoms with E-state index in [1.165, 1.54) is 16.4 Å². The molecule has 2 bridgehead atoms. The molecule has 0 spiro atoms. The van der Waals surface area contributed by atoms with E-state index in [0.717, 1.165) is 25.8 Å². The summed E-state index contributed by atoms with van der Waals surface area (Å²) in [6.45, 7) is 1.46. The van der Waals surface area contributed by atoms with Gasteiger partial charge >= 0.3 is 0 Å². The first-order valence-electron chi connectivity index (χ1n) is 6.69. The van der Waals surface area contributed by atoms with Crippen LogP contribution in [0.1, 0.15) is 19.3 Å². The summed E-state index contributed by atoms with van der Waals surface area (Å²) in [5, 5.41) is 3.25. The van der Waals surface area contributed by atoms with Gasteiger partial charge in [0.2, 0.25) is 10.0 Å². The molecule has 0 radical (unpaired) electrons. The first kappa shape index (κ1) is 14.4. The number of rotatable bonds is 2. The van der Waals surface area contributed by atoms with Gasteiger partial charge in [-0.3, -0.25) is 0 Å². The third-order valence-electron chi connectivity index (χ3n) is 4.04. The third-order valence-corrected chi connectivity index (χ3v) is 6.57. The Morgan fingerprint density at radius 3 is 2.75 bits per heavy atom. The lowest BCUT2D eigenvalue weighted by Crippen LogP contribution is -2.42. The lowest BCUT2D eigenvalue weighted by molar-refractivity contribution is 0.333. The second kappa shape index (κ2) is 5.36. The standard InChI is InChI=1S/C13H16BrFN2O2S/c14-9-1-4-13(12(15)7-9)20(18,19)17-10-2-3-11(17)8-16-6-5-10/h1,4,7,10-11,16H,2-3,5-6,8H2. The SMILES string of the molecule is O=S(=O)(c1ccc(Br)cc1F)N1C2CCNCC1CC2. The minimum Gasteiger partial charge on any atom is -0.315 e. The maximum Gasteiger partial charge on any atom is 0.246 e. The van der Waals surface area contributed by atoms with E-state index in [2.05, 4.69) is 21.2 Å². The van der Waals surface area contributed by atoms with Crippen LogP contribution in [0.25, 0.3) is 0 Å². The number of benzene rings is 1. The number of halogens is 2. The van der Waals surface area contributed by atoms with Gasteiger partial charge < -0.3 is 5.32 Å². The van der Waals surface area contributed by atoms with Crippen molar-refractivity contribution < 1.29 is 12.8 Å². The van der Waals surface area contributed by atoms with Crippen LogP contribution in [0.3, 0.4) is 0 Å². The van der Waals surface area contributed by atoms with E-state index in [4.69, 9.17) is 0 Å². The van der Waals surface area contributed by atoms with Gasteiger partial charge in [0.1, 0.15) is 10.7 Å². The van der Waals surface area contributed by atoms with Crippen LogP contribution in [0.2, 0.25) is 0 Å². The van der Waals surface area contributed by atoms with Gasteiger partial charge in [-0.1, -0.05) is 15.9 Å². The highest BCUT2D eigenvalue weighted by atomic mass is 79.9. The molecule has 2 saturated heterocycles. The molecule has 3 rings (SSSR count). The number of nitrogens with one attached hydrogen (secondary N) is 1. The Morgan fingerprint density at radius 2 is 2.00 bits per heavy atom. The zero-order chi connectivity index (χ0) is 14.3. The molecule has 0 amide bonds. The predicted molar refractivity (Wildman–Crippen MR) is 77.4 cm³/mol. The highest BCUT2D eigenvalue weighted by Gasteiger charge is 2.43. The summed E-state index contributed by atoms with van der Waals surface area (Å²) in [5.41, 5.74) is 0. The second-order valence-corrected chi connectivity index (χ2v) is 8.01. The predicted octanol–water partition coefficient (Wildman–Crippen LogP) is 2.10. The topological polar surface area (TPSA) is 49.4 Å². The fourth-order valence-electron chi connectivity index (χ4n) is 3.13. The van der Waals surface area contributed by atoms with Crippen molar-refractivity contribution in [2.24, 2.45) is 0 Å². The molecule has 2 aliphatic rings. The van der Waals surface area contributed by atoms with E-state index in [1.807, 2.05) is 0 Å². The maximum atomic E-state index is 14.0. The number of fused-ring (bicyclic) bond motifs is 2. The average molecular weight is 363 g/mol. The molecule has 1 aromatic rings. The number of nitrogens with zero attached hydrogens (tertiary/aromatic N) is 1. The van der Waals surface area contributed by atoms with Crippen LogP contribution < -0.4 is 5.32 Å². The molecular formula is C13H16BrFN2O2S. The summed E-state index contributed by atoms with van der Waals surface area (Å²) in [4.78, 5) is -0.223.